The molecule has 1 aromatic carbocycles. The molecule has 0 fully saturated rings. The van der Waals surface area contributed by atoms with Gasteiger partial charge in [-0.1, -0.05) is 12.1 Å². The largest absolute Gasteiger partial charge is 0.324 e. The summed E-state index contributed by atoms with van der Waals surface area (Å²) in [6.07, 6.45) is 5.09. The molecule has 6 heteroatoms. The average Bonchev–Trinajstić information content (AvgIpc) is 2.97. The van der Waals surface area contributed by atoms with Gasteiger partial charge in [0.15, 0.2) is 5.11 Å². The Bertz CT molecular complexity index is 622. The van der Waals surface area contributed by atoms with Gasteiger partial charge < -0.3 is 10.3 Å². The summed E-state index contributed by atoms with van der Waals surface area (Å²) in [6.45, 7) is 0. The molecular weight excluding hydrogens is 234 g/mol. The van der Waals surface area contributed by atoms with Crippen LogP contribution in [-0.2, 0) is 0 Å². The lowest BCUT2D eigenvalue weighted by atomic mass is 10.3. The normalized spacial score (nSPS) is 10.6. The highest BCUT2D eigenvalue weighted by Gasteiger charge is 2.04. The number of fused-ring (bicyclic) bond motifs is 1. The first-order chi connectivity index (χ1) is 8.33. The van der Waals surface area contributed by atoms with Crippen LogP contribution in [-0.4, -0.2) is 24.6 Å². The Morgan fingerprint density at radius 3 is 3.00 bits per heavy atom. The Morgan fingerprint density at radius 2 is 2.24 bits per heavy atom. The number of hydrogen-bond donors (Lipinski definition) is 2. The molecule has 0 saturated heterocycles. The van der Waals surface area contributed by atoms with Crippen LogP contribution in [0.15, 0.2) is 43.0 Å². The first-order valence-electron chi connectivity index (χ1n) is 5.07. The first kappa shape index (κ1) is 9.98. The van der Waals surface area contributed by atoms with Crippen LogP contribution in [0.4, 0.5) is 5.95 Å². The fourth-order valence-corrected chi connectivity index (χ4v) is 1.76. The molecule has 3 rings (SSSR count). The van der Waals surface area contributed by atoms with Gasteiger partial charge in [0, 0.05) is 12.4 Å². The van der Waals surface area contributed by atoms with E-state index < -0.39 is 0 Å². The topological polar surface area (TPSA) is 58.5 Å². The van der Waals surface area contributed by atoms with Gasteiger partial charge in [0.05, 0.1) is 11.0 Å². The maximum Gasteiger partial charge on any atom is 0.207 e. The Balaban J connectivity index is 1.88. The second-order valence-electron chi connectivity index (χ2n) is 3.50. The van der Waals surface area contributed by atoms with E-state index in [1.807, 2.05) is 24.3 Å². The maximum absolute atomic E-state index is 5.21. The molecule has 2 aromatic heterocycles. The molecule has 0 saturated carbocycles. The number of aromatic amines is 1. The third-order valence-corrected chi connectivity index (χ3v) is 2.67. The van der Waals surface area contributed by atoms with Crippen LogP contribution in [0, 0.1) is 0 Å². The molecule has 0 bridgehead atoms. The summed E-state index contributed by atoms with van der Waals surface area (Å²) in [5.74, 6) is 0.630. The van der Waals surface area contributed by atoms with Crippen molar-refractivity contribution in [2.24, 2.45) is 0 Å². The molecule has 5 nitrogen and oxygen atoms in total. The quantitative estimate of drug-likeness (QED) is 0.642. The molecule has 3 aromatic rings. The van der Waals surface area contributed by atoms with E-state index in [0.29, 0.717) is 11.1 Å². The van der Waals surface area contributed by atoms with Crippen LogP contribution in [0.2, 0.25) is 0 Å². The van der Waals surface area contributed by atoms with E-state index in [2.05, 4.69) is 20.3 Å². The second-order valence-corrected chi connectivity index (χ2v) is 3.89. The number of nitrogens with one attached hydrogen (secondary N) is 2. The van der Waals surface area contributed by atoms with Gasteiger partial charge in [0.25, 0.3) is 0 Å². The lowest BCUT2D eigenvalue weighted by Crippen LogP contribution is -2.18. The van der Waals surface area contributed by atoms with Gasteiger partial charge in [-0.2, -0.15) is 0 Å². The minimum atomic E-state index is 0.529. The molecule has 0 aliphatic heterocycles. The Morgan fingerprint density at radius 1 is 1.35 bits per heavy atom. The molecule has 2 heterocycles. The van der Waals surface area contributed by atoms with Crippen LogP contribution in [0.1, 0.15) is 0 Å². The van der Waals surface area contributed by atoms with Gasteiger partial charge >= 0.3 is 0 Å². The van der Waals surface area contributed by atoms with E-state index in [-0.39, 0.29) is 0 Å². The number of hydrogen-bond acceptors (Lipinski definition) is 3. The van der Waals surface area contributed by atoms with E-state index in [0.717, 1.165) is 11.0 Å². The molecule has 0 spiro atoms. The minimum Gasteiger partial charge on any atom is -0.324 e. The van der Waals surface area contributed by atoms with Crippen molar-refractivity contribution in [2.75, 3.05) is 5.32 Å². The first-order valence-corrected chi connectivity index (χ1v) is 5.48. The lowest BCUT2D eigenvalue weighted by Gasteiger charge is -2.03. The molecule has 0 aliphatic carbocycles. The van der Waals surface area contributed by atoms with Crippen molar-refractivity contribution in [1.82, 2.24) is 19.5 Å². The number of H-pyrrole nitrogens is 1. The SMILES string of the molecule is S=C(Nc1nc2ccccc2[nH]1)n1ccnc1. The Hall–Kier alpha value is -2.21. The van der Waals surface area contributed by atoms with Crippen molar-refractivity contribution in [3.05, 3.63) is 43.0 Å². The van der Waals surface area contributed by atoms with E-state index in [1.165, 1.54) is 0 Å². The Kier molecular flexibility index (Phi) is 2.34. The molecule has 0 unspecified atom stereocenters. The molecule has 0 aliphatic rings. The number of benzene rings is 1. The number of para-hydroxylation sites is 2. The van der Waals surface area contributed by atoms with Crippen molar-refractivity contribution >= 4 is 34.3 Å². The molecule has 84 valence electrons. The van der Waals surface area contributed by atoms with Crippen molar-refractivity contribution in [3.63, 3.8) is 0 Å². The summed E-state index contributed by atoms with van der Waals surface area (Å²) < 4.78 is 1.71. The fraction of sp³-hybridized carbons (Fsp3) is 0. The zero-order valence-electron chi connectivity index (χ0n) is 8.79. The predicted octanol–water partition coefficient (Wildman–Crippen LogP) is 2.00. The van der Waals surface area contributed by atoms with Crippen molar-refractivity contribution in [2.45, 2.75) is 0 Å². The van der Waals surface area contributed by atoms with Crippen LogP contribution >= 0.6 is 12.2 Å². The van der Waals surface area contributed by atoms with Crippen molar-refractivity contribution < 1.29 is 0 Å². The minimum absolute atomic E-state index is 0.529. The summed E-state index contributed by atoms with van der Waals surface area (Å²) in [6, 6.07) is 7.81. The van der Waals surface area contributed by atoms with Gasteiger partial charge in [-0.3, -0.25) is 4.57 Å². The summed E-state index contributed by atoms with van der Waals surface area (Å²) >= 11 is 5.21. The molecule has 0 radical (unpaired) electrons. The van der Waals surface area contributed by atoms with Crippen LogP contribution in [0.3, 0.4) is 0 Å². The summed E-state index contributed by atoms with van der Waals surface area (Å²) in [5.41, 5.74) is 1.88. The monoisotopic (exact) mass is 243 g/mol. The van der Waals surface area contributed by atoms with Gasteiger partial charge in [0.1, 0.15) is 6.33 Å². The number of aromatic nitrogens is 4. The van der Waals surface area contributed by atoms with E-state index in [4.69, 9.17) is 12.2 Å². The second kappa shape index (κ2) is 3.99. The van der Waals surface area contributed by atoms with Gasteiger partial charge in [-0.25, -0.2) is 9.97 Å². The van der Waals surface area contributed by atoms with Crippen LogP contribution < -0.4 is 5.32 Å². The number of nitrogens with zero attached hydrogens (tertiary/aromatic N) is 3. The number of imidazole rings is 2. The number of anilines is 1. The molecule has 0 amide bonds. The predicted molar refractivity (Wildman–Crippen MR) is 69.9 cm³/mol. The van der Waals surface area contributed by atoms with Gasteiger partial charge in [-0.15, -0.1) is 0 Å². The maximum atomic E-state index is 5.21. The summed E-state index contributed by atoms with van der Waals surface area (Å²) in [4.78, 5) is 11.5. The number of rotatable bonds is 1. The average molecular weight is 243 g/mol. The van der Waals surface area contributed by atoms with E-state index >= 15 is 0 Å². The van der Waals surface area contributed by atoms with Gasteiger partial charge in [-0.05, 0) is 24.4 Å². The molecule has 17 heavy (non-hydrogen) atoms. The Labute approximate surface area is 103 Å². The van der Waals surface area contributed by atoms with Crippen molar-refractivity contribution in [3.8, 4) is 0 Å². The molecular formula is C11H9N5S. The van der Waals surface area contributed by atoms with Crippen LogP contribution in [0.25, 0.3) is 11.0 Å². The summed E-state index contributed by atoms with van der Waals surface area (Å²) in [5, 5.41) is 3.55. The smallest absolute Gasteiger partial charge is 0.207 e. The van der Waals surface area contributed by atoms with Crippen LogP contribution in [0.5, 0.6) is 0 Å². The zero-order chi connectivity index (χ0) is 11.7. The van der Waals surface area contributed by atoms with E-state index in [9.17, 15) is 0 Å². The fourth-order valence-electron chi connectivity index (χ4n) is 1.56. The third kappa shape index (κ3) is 1.90. The molecule has 2 N–H and O–H groups in total. The lowest BCUT2D eigenvalue weighted by molar-refractivity contribution is 1.14. The van der Waals surface area contributed by atoms with Gasteiger partial charge in [0.2, 0.25) is 5.95 Å². The number of thiocarbonyl (C=S) groups is 1. The molecule has 0 atom stereocenters. The third-order valence-electron chi connectivity index (χ3n) is 2.35. The highest BCUT2D eigenvalue weighted by molar-refractivity contribution is 7.80. The highest BCUT2D eigenvalue weighted by Crippen LogP contribution is 2.13. The van der Waals surface area contributed by atoms with E-state index in [1.54, 1.807) is 23.3 Å². The summed E-state index contributed by atoms with van der Waals surface area (Å²) in [7, 11) is 0. The van der Waals surface area contributed by atoms with Crippen molar-refractivity contribution in [1.29, 1.82) is 0 Å². The zero-order valence-corrected chi connectivity index (χ0v) is 9.61. The highest BCUT2D eigenvalue weighted by atomic mass is 32.1. The standard InChI is InChI=1S/C11H9N5S/c17-11(16-6-5-12-7-16)15-10-13-8-3-1-2-4-9(8)14-10/h1-7H,(H2,13,14,15,17).